The van der Waals surface area contributed by atoms with E-state index in [1.165, 1.54) is 29.2 Å². The zero-order valence-electron chi connectivity index (χ0n) is 24.9. The highest BCUT2D eigenvalue weighted by atomic mass is 127. The lowest BCUT2D eigenvalue weighted by molar-refractivity contribution is -0.122. The Balaban J connectivity index is 2.11. The van der Waals surface area contributed by atoms with Crippen molar-refractivity contribution in [2.45, 2.75) is 43.4 Å². The van der Waals surface area contributed by atoms with Crippen LogP contribution in [-0.2, 0) is 25.0 Å². The largest absolute Gasteiger partial charge is 0.453 e. The van der Waals surface area contributed by atoms with Gasteiger partial charge in [-0.25, -0.2) is 0 Å². The van der Waals surface area contributed by atoms with E-state index in [4.69, 9.17) is 4.42 Å². The first-order valence-electron chi connectivity index (χ1n) is 13.9. The van der Waals surface area contributed by atoms with Gasteiger partial charge in [0, 0.05) is 54.6 Å². The standard InChI is InChI=1S/C30H32IN3O9S2/c1-5-32-22-14-12-20-25(18-9-6-7-10-19(18)30(36)34(4)16-8-11-24(35)17(2)3)21-13-15-23(33-31)29(45(40,41)42)27(21)43-26(20)28(22)44(37,38)39/h6-7,9-10,12-15,17,33H,5,8,11,16H2,1-4H3,(H,37,38,39)(H,40,41,42). The number of benzene rings is 3. The first kappa shape index (κ1) is 34.5. The molecule has 0 saturated carbocycles. The Labute approximate surface area is 274 Å². The maximum atomic E-state index is 13.8. The Bertz CT molecular complexity index is 2060. The predicted molar refractivity (Wildman–Crippen MR) is 178 cm³/mol. The molecule has 0 aromatic heterocycles. The third-order valence-electron chi connectivity index (χ3n) is 7.23. The molecule has 0 unspecified atom stereocenters. The molecule has 12 nitrogen and oxygen atoms in total. The molecule has 1 heterocycles. The summed E-state index contributed by atoms with van der Waals surface area (Å²) in [6.07, 6.45) is 0.754. The number of hydrogen-bond donors (Lipinski definition) is 3. The molecule has 2 aliphatic rings. The van der Waals surface area contributed by atoms with Crippen LogP contribution in [0.2, 0.25) is 0 Å². The molecular formula is C30H32IN3O9S2. The van der Waals surface area contributed by atoms with E-state index in [0.717, 1.165) is 0 Å². The Morgan fingerprint density at radius 1 is 0.978 bits per heavy atom. The number of nitrogens with zero attached hydrogens (tertiary/aromatic N) is 2. The smallest absolute Gasteiger partial charge is 0.300 e. The van der Waals surface area contributed by atoms with E-state index in [2.05, 4.69) is 8.52 Å². The molecule has 0 radical (unpaired) electrons. The lowest BCUT2D eigenvalue weighted by atomic mass is 9.90. The van der Waals surface area contributed by atoms with E-state index in [9.17, 15) is 35.5 Å². The summed E-state index contributed by atoms with van der Waals surface area (Å²) in [5, 5.41) is 0.00981. The molecule has 1 aliphatic heterocycles. The van der Waals surface area contributed by atoms with Gasteiger partial charge in [0.2, 0.25) is 0 Å². The number of Topliss-reactive ketones (excluding diaryl/α,β-unsaturated/α-hetero) is 1. The van der Waals surface area contributed by atoms with Crippen molar-refractivity contribution in [1.29, 1.82) is 0 Å². The summed E-state index contributed by atoms with van der Waals surface area (Å²) < 4.78 is 80.1. The average Bonchev–Trinajstić information content (AvgIpc) is 2.97. The van der Waals surface area contributed by atoms with Gasteiger partial charge in [-0.3, -0.25) is 23.7 Å². The fourth-order valence-electron chi connectivity index (χ4n) is 5.10. The van der Waals surface area contributed by atoms with Crippen LogP contribution < -0.4 is 8.89 Å². The Kier molecular flexibility index (Phi) is 10.4. The predicted octanol–water partition coefficient (Wildman–Crippen LogP) is 5.46. The first-order chi connectivity index (χ1) is 21.1. The maximum Gasteiger partial charge on any atom is 0.300 e. The lowest BCUT2D eigenvalue weighted by Gasteiger charge is -2.23. The molecule has 2 aromatic carbocycles. The number of amides is 1. The average molecular weight is 770 g/mol. The van der Waals surface area contributed by atoms with Gasteiger partial charge in [0.15, 0.2) is 21.1 Å². The summed E-state index contributed by atoms with van der Waals surface area (Å²) in [5.41, 5.74) is 0.384. The van der Waals surface area contributed by atoms with Gasteiger partial charge in [-0.2, -0.15) is 16.8 Å². The minimum absolute atomic E-state index is 0.0532. The number of ketones is 1. The third-order valence-corrected chi connectivity index (χ3v) is 9.64. The van der Waals surface area contributed by atoms with Gasteiger partial charge in [-0.1, -0.05) is 32.0 Å². The first-order valence-corrected chi connectivity index (χ1v) is 17.8. The molecule has 0 saturated heterocycles. The number of fused-ring (bicyclic) bond motifs is 2. The summed E-state index contributed by atoms with van der Waals surface area (Å²) in [7, 11) is -8.37. The monoisotopic (exact) mass is 769 g/mol. The van der Waals surface area contributed by atoms with Crippen LogP contribution in [0.5, 0.6) is 0 Å². The van der Waals surface area contributed by atoms with E-state index >= 15 is 0 Å². The number of carbonyl (C=O) groups excluding carboxylic acids is 2. The number of nitrogens with one attached hydrogen (secondary N) is 1. The fraction of sp³-hybridized carbons (Fsp3) is 0.300. The van der Waals surface area contributed by atoms with Crippen LogP contribution >= 0.6 is 22.9 Å². The van der Waals surface area contributed by atoms with Gasteiger partial charge in [0.05, 0.1) is 33.9 Å². The second-order valence-corrected chi connectivity index (χ2v) is 13.9. The van der Waals surface area contributed by atoms with Crippen molar-refractivity contribution in [3.63, 3.8) is 0 Å². The molecule has 0 bridgehead atoms. The quantitative estimate of drug-likeness (QED) is 0.0767. The van der Waals surface area contributed by atoms with Crippen LogP contribution in [0.3, 0.4) is 0 Å². The Morgan fingerprint density at radius 3 is 2.24 bits per heavy atom. The van der Waals surface area contributed by atoms with Crippen LogP contribution in [0.4, 0.5) is 5.69 Å². The molecule has 45 heavy (non-hydrogen) atoms. The van der Waals surface area contributed by atoms with Crippen LogP contribution in [0.1, 0.15) is 44.0 Å². The highest BCUT2D eigenvalue weighted by molar-refractivity contribution is 14.1. The molecule has 15 heteroatoms. The molecule has 3 N–H and O–H groups in total. The number of anilines is 1. The molecule has 0 spiro atoms. The maximum absolute atomic E-state index is 13.8. The van der Waals surface area contributed by atoms with E-state index in [-0.39, 0.29) is 57.9 Å². The molecule has 1 amide bonds. The summed E-state index contributed by atoms with van der Waals surface area (Å²) in [6, 6.07) is 12.3. The van der Waals surface area contributed by atoms with Crippen LogP contribution in [0.15, 0.2) is 67.7 Å². The van der Waals surface area contributed by atoms with Crippen molar-refractivity contribution in [1.82, 2.24) is 4.90 Å². The topological polar surface area (TPSA) is 184 Å². The molecule has 4 rings (SSSR count). The molecule has 0 fully saturated rings. The lowest BCUT2D eigenvalue weighted by Crippen LogP contribution is -2.28. The summed E-state index contributed by atoms with van der Waals surface area (Å²) in [4.78, 5) is 30.2. The van der Waals surface area contributed by atoms with Gasteiger partial charge in [-0.05, 0) is 49.2 Å². The third kappa shape index (κ3) is 7.06. The van der Waals surface area contributed by atoms with Crippen LogP contribution in [0.25, 0.3) is 33.4 Å². The van der Waals surface area contributed by atoms with E-state index < -0.39 is 47.3 Å². The number of rotatable bonds is 11. The van der Waals surface area contributed by atoms with E-state index in [1.807, 2.05) is 13.8 Å². The van der Waals surface area contributed by atoms with Crippen molar-refractivity contribution < 1.29 is 39.9 Å². The number of carbonyl (C=O) groups is 2. The van der Waals surface area contributed by atoms with Crippen molar-refractivity contribution in [3.8, 4) is 22.5 Å². The van der Waals surface area contributed by atoms with Gasteiger partial charge in [0.25, 0.3) is 26.1 Å². The van der Waals surface area contributed by atoms with Gasteiger partial charge in [0.1, 0.15) is 5.78 Å². The highest BCUT2D eigenvalue weighted by Gasteiger charge is 2.32. The zero-order valence-corrected chi connectivity index (χ0v) is 28.7. The summed E-state index contributed by atoms with van der Waals surface area (Å²) >= 11 is 1.68. The van der Waals surface area contributed by atoms with Crippen LogP contribution in [-0.4, -0.2) is 62.7 Å². The normalized spacial score (nSPS) is 12.7. The van der Waals surface area contributed by atoms with Crippen molar-refractivity contribution in [2.75, 3.05) is 23.7 Å². The van der Waals surface area contributed by atoms with Gasteiger partial charge >= 0.3 is 0 Å². The minimum atomic E-state index is -5.00. The zero-order chi connectivity index (χ0) is 33.3. The number of halogens is 1. The Morgan fingerprint density at radius 2 is 1.64 bits per heavy atom. The molecule has 240 valence electrons. The molecule has 1 aliphatic carbocycles. The molecule has 0 atom stereocenters. The SMILES string of the molecule is CCN=c1ccc2c(-c3ccccc3C(=O)N(C)CCCC(=O)C(C)C)c3ccc(NI)c(S(=O)(=O)O)c3oc-2c1S(=O)(=O)O. The summed E-state index contributed by atoms with van der Waals surface area (Å²) in [6.45, 7) is 5.72. The van der Waals surface area contributed by atoms with Gasteiger partial charge < -0.3 is 12.8 Å². The molecule has 2 aromatic rings. The van der Waals surface area contributed by atoms with Gasteiger partial charge in [-0.15, -0.1) is 0 Å². The highest BCUT2D eigenvalue weighted by Crippen LogP contribution is 2.46. The summed E-state index contributed by atoms with van der Waals surface area (Å²) in [5.74, 6) is -0.863. The molecular weight excluding hydrogens is 737 g/mol. The van der Waals surface area contributed by atoms with Crippen LogP contribution in [0, 0.1) is 5.92 Å². The Hall–Kier alpha value is -3.38. The number of hydrogen-bond acceptors (Lipinski definition) is 9. The fourth-order valence-corrected chi connectivity index (χ4v) is 7.30. The van der Waals surface area contributed by atoms with E-state index in [0.29, 0.717) is 18.4 Å². The van der Waals surface area contributed by atoms with Crippen molar-refractivity contribution in [2.24, 2.45) is 10.9 Å². The van der Waals surface area contributed by atoms with Crippen molar-refractivity contribution >= 4 is 71.4 Å². The minimum Gasteiger partial charge on any atom is -0.453 e. The van der Waals surface area contributed by atoms with Crippen molar-refractivity contribution in [3.05, 3.63) is 59.5 Å². The second kappa shape index (κ2) is 13.5. The second-order valence-electron chi connectivity index (χ2n) is 10.6. The van der Waals surface area contributed by atoms with E-state index in [1.54, 1.807) is 61.1 Å².